The molecule has 1 aromatic carbocycles. The van der Waals surface area contributed by atoms with Crippen LogP contribution in [-0.2, 0) is 0 Å². The van der Waals surface area contributed by atoms with Crippen molar-refractivity contribution in [2.75, 3.05) is 10.6 Å². The summed E-state index contributed by atoms with van der Waals surface area (Å²) < 4.78 is 1.04. The number of aliphatic hydroxyl groups excluding tert-OH is 2. The van der Waals surface area contributed by atoms with Crippen molar-refractivity contribution in [3.8, 4) is 10.6 Å². The van der Waals surface area contributed by atoms with Crippen LogP contribution in [0, 0.1) is 19.8 Å². The average molecular weight is 507 g/mol. The fourth-order valence-electron chi connectivity index (χ4n) is 4.79. The number of anilines is 3. The molecule has 9 nitrogen and oxygen atoms in total. The van der Waals surface area contributed by atoms with Crippen molar-refractivity contribution >= 4 is 39.0 Å². The lowest BCUT2D eigenvalue weighted by Gasteiger charge is -2.28. The number of pyridine rings is 1. The molecule has 1 aliphatic carbocycles. The summed E-state index contributed by atoms with van der Waals surface area (Å²) in [6, 6.07) is 11.2. The van der Waals surface area contributed by atoms with Crippen molar-refractivity contribution < 1.29 is 15.3 Å². The molecular weight excluding hydrogens is 476 g/mol. The van der Waals surface area contributed by atoms with E-state index in [1.807, 2.05) is 50.2 Å². The van der Waals surface area contributed by atoms with Gasteiger partial charge in [0.25, 0.3) is 0 Å². The van der Waals surface area contributed by atoms with Crippen molar-refractivity contribution in [2.45, 2.75) is 58.0 Å². The molecule has 0 saturated heterocycles. The van der Waals surface area contributed by atoms with Crippen LogP contribution in [-0.4, -0.2) is 59.1 Å². The lowest BCUT2D eigenvalue weighted by Crippen LogP contribution is -2.40. The molecule has 1 aliphatic rings. The highest BCUT2D eigenvalue weighted by molar-refractivity contribution is 7.21. The Morgan fingerprint density at radius 3 is 2.39 bits per heavy atom. The van der Waals surface area contributed by atoms with E-state index in [0.29, 0.717) is 23.8 Å². The van der Waals surface area contributed by atoms with Gasteiger partial charge in [0.1, 0.15) is 16.9 Å². The van der Waals surface area contributed by atoms with Crippen molar-refractivity contribution in [2.24, 2.45) is 5.92 Å². The maximum absolute atomic E-state index is 10.8. The van der Waals surface area contributed by atoms with Crippen molar-refractivity contribution in [3.05, 3.63) is 54.0 Å². The first kappa shape index (κ1) is 24.5. The second-order valence-corrected chi connectivity index (χ2v) is 11.0. The highest BCUT2D eigenvalue weighted by Crippen LogP contribution is 2.39. The molecule has 0 spiro atoms. The van der Waals surface area contributed by atoms with Gasteiger partial charge in [0.15, 0.2) is 0 Å². The molecule has 0 radical (unpaired) electrons. The number of para-hydroxylation sites is 1. The zero-order chi connectivity index (χ0) is 25.6. The Labute approximate surface area is 213 Å². The molecule has 0 bridgehead atoms. The fourth-order valence-corrected chi connectivity index (χ4v) is 5.76. The van der Waals surface area contributed by atoms with Gasteiger partial charge in [0.2, 0.25) is 5.95 Å². The van der Waals surface area contributed by atoms with Crippen LogP contribution in [0.2, 0.25) is 0 Å². The summed E-state index contributed by atoms with van der Waals surface area (Å²) in [6.07, 6.45) is -0.0422. The van der Waals surface area contributed by atoms with Gasteiger partial charge >= 0.3 is 0 Å². The number of aliphatic hydroxyl groups is 3. The molecule has 3 heterocycles. The summed E-state index contributed by atoms with van der Waals surface area (Å²) >= 11 is 1.53. The minimum absolute atomic E-state index is 0.374. The third-order valence-electron chi connectivity index (χ3n) is 6.56. The van der Waals surface area contributed by atoms with Crippen LogP contribution in [0.15, 0.2) is 42.6 Å². The zero-order valence-electron chi connectivity index (χ0n) is 20.6. The number of fused-ring (bicyclic) bond motifs is 1. The standard InChI is InChI=1S/C26H30N6O3S/c1-13-9-15(10-14(2)28-13)29-25-27-12-16(24-31-18-7-5-6-8-20(18)36-24)23(32-25)30-19-11-17(26(3,4)35)21(33)22(19)34/h5-10,12,17,19,21-22,33-35H,11H2,1-4H3,(H2,27,28,29,30,32)/t17?,19?,21-,22+/m1/s1. The van der Waals surface area contributed by atoms with Crippen molar-refractivity contribution in [1.29, 1.82) is 0 Å². The van der Waals surface area contributed by atoms with Crippen molar-refractivity contribution in [3.63, 3.8) is 0 Å². The van der Waals surface area contributed by atoms with Crippen LogP contribution in [0.25, 0.3) is 20.8 Å². The summed E-state index contributed by atoms with van der Waals surface area (Å²) in [7, 11) is 0. The topological polar surface area (TPSA) is 136 Å². The summed E-state index contributed by atoms with van der Waals surface area (Å²) in [5.74, 6) is 0.374. The van der Waals surface area contributed by atoms with Crippen LogP contribution >= 0.6 is 11.3 Å². The Morgan fingerprint density at radius 1 is 1.00 bits per heavy atom. The molecule has 3 aromatic heterocycles. The van der Waals surface area contributed by atoms with Crippen LogP contribution in [0.5, 0.6) is 0 Å². The molecule has 5 N–H and O–H groups in total. The van der Waals surface area contributed by atoms with E-state index in [1.54, 1.807) is 20.0 Å². The fraction of sp³-hybridized carbons (Fsp3) is 0.385. The number of aromatic nitrogens is 4. The van der Waals surface area contributed by atoms with Crippen LogP contribution in [0.3, 0.4) is 0 Å². The average Bonchev–Trinajstić information content (AvgIpc) is 3.35. The third-order valence-corrected chi connectivity index (χ3v) is 7.63. The monoisotopic (exact) mass is 506 g/mol. The molecule has 36 heavy (non-hydrogen) atoms. The first-order chi connectivity index (χ1) is 17.1. The predicted molar refractivity (Wildman–Crippen MR) is 141 cm³/mol. The summed E-state index contributed by atoms with van der Waals surface area (Å²) in [4.78, 5) is 18.4. The minimum atomic E-state index is -1.14. The highest BCUT2D eigenvalue weighted by Gasteiger charge is 2.47. The Balaban J connectivity index is 1.52. The highest BCUT2D eigenvalue weighted by atomic mass is 32.1. The maximum atomic E-state index is 10.8. The molecule has 5 rings (SSSR count). The number of hydrogen-bond acceptors (Lipinski definition) is 10. The van der Waals surface area contributed by atoms with Crippen molar-refractivity contribution in [1.82, 2.24) is 19.9 Å². The van der Waals surface area contributed by atoms with Crippen LogP contribution in [0.4, 0.5) is 17.5 Å². The van der Waals surface area contributed by atoms with Gasteiger partial charge in [-0.25, -0.2) is 9.97 Å². The van der Waals surface area contributed by atoms with E-state index in [-0.39, 0.29) is 0 Å². The van der Waals surface area contributed by atoms with Gasteiger partial charge in [-0.2, -0.15) is 4.98 Å². The van der Waals surface area contributed by atoms with E-state index in [2.05, 4.69) is 20.6 Å². The van der Waals surface area contributed by atoms with E-state index in [1.165, 1.54) is 11.3 Å². The van der Waals surface area contributed by atoms with E-state index >= 15 is 0 Å². The Kier molecular flexibility index (Phi) is 6.37. The van der Waals surface area contributed by atoms with Gasteiger partial charge in [-0.3, -0.25) is 4.98 Å². The first-order valence-corrected chi connectivity index (χ1v) is 12.7. The molecule has 0 aliphatic heterocycles. The Bertz CT molecular complexity index is 1350. The van der Waals surface area contributed by atoms with E-state index in [4.69, 9.17) is 9.97 Å². The van der Waals surface area contributed by atoms with Gasteiger partial charge < -0.3 is 26.0 Å². The van der Waals surface area contributed by atoms with E-state index < -0.39 is 29.8 Å². The van der Waals surface area contributed by atoms with Gasteiger partial charge in [0.05, 0.1) is 33.5 Å². The molecule has 4 aromatic rings. The van der Waals surface area contributed by atoms with E-state index in [9.17, 15) is 15.3 Å². The molecular formula is C26H30N6O3S. The molecule has 188 valence electrons. The number of nitrogens with zero attached hydrogens (tertiary/aromatic N) is 4. The smallest absolute Gasteiger partial charge is 0.229 e. The molecule has 10 heteroatoms. The second-order valence-electron chi connectivity index (χ2n) is 9.93. The summed E-state index contributed by atoms with van der Waals surface area (Å²) in [6.45, 7) is 7.14. The molecule has 1 fully saturated rings. The number of benzene rings is 1. The zero-order valence-corrected chi connectivity index (χ0v) is 21.4. The largest absolute Gasteiger partial charge is 0.390 e. The van der Waals surface area contributed by atoms with Gasteiger partial charge in [-0.15, -0.1) is 11.3 Å². The van der Waals surface area contributed by atoms with Crippen LogP contribution in [0.1, 0.15) is 31.7 Å². The molecule has 4 atom stereocenters. The number of aryl methyl sites for hydroxylation is 2. The number of hydrogen-bond donors (Lipinski definition) is 5. The first-order valence-electron chi connectivity index (χ1n) is 11.9. The predicted octanol–water partition coefficient (Wildman–Crippen LogP) is 3.80. The quantitative estimate of drug-likeness (QED) is 0.264. The SMILES string of the molecule is Cc1cc(Nc2ncc(-c3nc4ccccc4s3)c(NC3CC(C(C)(C)O)[C@@H](O)[C@H]3O)n2)cc(C)n1. The second kappa shape index (κ2) is 9.36. The minimum Gasteiger partial charge on any atom is -0.390 e. The van der Waals surface area contributed by atoms with E-state index in [0.717, 1.165) is 32.3 Å². The number of rotatable bonds is 6. The third kappa shape index (κ3) is 4.90. The molecule has 1 saturated carbocycles. The molecule has 2 unspecified atom stereocenters. The number of thiazole rings is 1. The Morgan fingerprint density at radius 2 is 1.72 bits per heavy atom. The summed E-state index contributed by atoms with van der Waals surface area (Å²) in [5, 5.41) is 39.2. The normalized spacial score (nSPS) is 22.2. The van der Waals surface area contributed by atoms with Crippen LogP contribution < -0.4 is 10.6 Å². The summed E-state index contributed by atoms with van der Waals surface area (Å²) in [5.41, 5.74) is 3.01. The lowest BCUT2D eigenvalue weighted by molar-refractivity contribution is -0.0601. The lowest BCUT2D eigenvalue weighted by atomic mass is 9.88. The maximum Gasteiger partial charge on any atom is 0.229 e. The van der Waals surface area contributed by atoms with Gasteiger partial charge in [0, 0.05) is 29.2 Å². The number of nitrogens with one attached hydrogen (secondary N) is 2. The van der Waals surface area contributed by atoms with Gasteiger partial charge in [-0.05, 0) is 58.4 Å². The Hall–Kier alpha value is -3.18. The van der Waals surface area contributed by atoms with Gasteiger partial charge in [-0.1, -0.05) is 12.1 Å². The molecule has 0 amide bonds.